The van der Waals surface area contributed by atoms with Gasteiger partial charge in [-0.25, -0.2) is 0 Å². The fourth-order valence-electron chi connectivity index (χ4n) is 4.00. The molecule has 4 aromatic rings. The minimum absolute atomic E-state index is 0.0796. The molecule has 4 rings (SSSR count). The van der Waals surface area contributed by atoms with E-state index in [2.05, 4.69) is 16.0 Å². The summed E-state index contributed by atoms with van der Waals surface area (Å²) >= 11 is 1.42. The summed E-state index contributed by atoms with van der Waals surface area (Å²) in [7, 11) is 1.58. The number of carbonyl (C=O) groups is 3. The lowest BCUT2D eigenvalue weighted by atomic mass is 10.1. The Bertz CT molecular complexity index is 1550. The molecule has 0 saturated carbocycles. The molecule has 1 unspecified atom stereocenters. The largest absolute Gasteiger partial charge is 0.497 e. The average molecular weight is 580 g/mol. The van der Waals surface area contributed by atoms with E-state index in [1.807, 2.05) is 62.4 Å². The second-order valence-electron chi connectivity index (χ2n) is 9.50. The zero-order valence-electron chi connectivity index (χ0n) is 23.7. The van der Waals surface area contributed by atoms with E-state index in [0.717, 1.165) is 16.1 Å². The monoisotopic (exact) mass is 579 g/mol. The number of benzene rings is 4. The van der Waals surface area contributed by atoms with E-state index < -0.39 is 11.8 Å². The normalized spacial score (nSPS) is 11.7. The molecule has 0 aliphatic heterocycles. The zero-order chi connectivity index (χ0) is 29.9. The molecule has 7 nitrogen and oxygen atoms in total. The SMILES string of the molecule is CCC(Sc1cccc(NC(=O)/C(=C\c2ccc(OC)cc2)NC(=O)c2ccccc2)c1)C(=O)Nc1ccc(C)cc1. The smallest absolute Gasteiger partial charge is 0.272 e. The van der Waals surface area contributed by atoms with E-state index in [0.29, 0.717) is 29.0 Å². The zero-order valence-corrected chi connectivity index (χ0v) is 24.5. The Morgan fingerprint density at radius 2 is 1.55 bits per heavy atom. The molecule has 0 heterocycles. The molecule has 42 heavy (non-hydrogen) atoms. The summed E-state index contributed by atoms with van der Waals surface area (Å²) in [6, 6.07) is 30.8. The summed E-state index contributed by atoms with van der Waals surface area (Å²) < 4.78 is 5.22. The van der Waals surface area contributed by atoms with Crippen molar-refractivity contribution in [1.82, 2.24) is 5.32 Å². The number of methoxy groups -OCH3 is 1. The first-order valence-corrected chi connectivity index (χ1v) is 14.4. The number of thioether (sulfide) groups is 1. The maximum absolute atomic E-state index is 13.4. The highest BCUT2D eigenvalue weighted by atomic mass is 32.2. The van der Waals surface area contributed by atoms with Gasteiger partial charge in [0, 0.05) is 21.8 Å². The van der Waals surface area contributed by atoms with Crippen LogP contribution in [0.3, 0.4) is 0 Å². The fraction of sp³-hybridized carbons (Fsp3) is 0.147. The molecule has 4 aromatic carbocycles. The van der Waals surface area contributed by atoms with E-state index >= 15 is 0 Å². The van der Waals surface area contributed by atoms with Crippen LogP contribution in [0.5, 0.6) is 5.75 Å². The number of carbonyl (C=O) groups excluding carboxylic acids is 3. The van der Waals surface area contributed by atoms with Crippen LogP contribution in [0.2, 0.25) is 0 Å². The number of nitrogens with one attached hydrogen (secondary N) is 3. The van der Waals surface area contributed by atoms with Crippen LogP contribution in [0, 0.1) is 6.92 Å². The van der Waals surface area contributed by atoms with Crippen molar-refractivity contribution in [1.29, 1.82) is 0 Å². The van der Waals surface area contributed by atoms with Gasteiger partial charge in [-0.15, -0.1) is 11.8 Å². The van der Waals surface area contributed by atoms with Crippen LogP contribution in [0.4, 0.5) is 11.4 Å². The maximum atomic E-state index is 13.4. The molecule has 0 aliphatic rings. The number of ether oxygens (including phenoxy) is 1. The third-order valence-corrected chi connectivity index (χ3v) is 7.67. The summed E-state index contributed by atoms with van der Waals surface area (Å²) in [4.78, 5) is 40.2. The van der Waals surface area contributed by atoms with Gasteiger partial charge in [0.15, 0.2) is 0 Å². The molecule has 214 valence electrons. The van der Waals surface area contributed by atoms with Crippen molar-refractivity contribution in [2.75, 3.05) is 17.7 Å². The predicted octanol–water partition coefficient (Wildman–Crippen LogP) is 6.92. The van der Waals surface area contributed by atoms with E-state index in [9.17, 15) is 14.4 Å². The molecule has 3 N–H and O–H groups in total. The lowest BCUT2D eigenvalue weighted by molar-refractivity contribution is -0.116. The summed E-state index contributed by atoms with van der Waals surface area (Å²) in [5, 5.41) is 8.29. The summed E-state index contributed by atoms with van der Waals surface area (Å²) in [6.07, 6.45) is 2.23. The Morgan fingerprint density at radius 1 is 0.833 bits per heavy atom. The van der Waals surface area contributed by atoms with Crippen molar-refractivity contribution >= 4 is 46.9 Å². The third kappa shape index (κ3) is 8.59. The van der Waals surface area contributed by atoms with Gasteiger partial charge in [0.25, 0.3) is 11.8 Å². The Hall–Kier alpha value is -4.82. The highest BCUT2D eigenvalue weighted by molar-refractivity contribution is 8.00. The van der Waals surface area contributed by atoms with Gasteiger partial charge < -0.3 is 20.7 Å². The minimum atomic E-state index is -0.485. The highest BCUT2D eigenvalue weighted by Crippen LogP contribution is 2.29. The first-order valence-electron chi connectivity index (χ1n) is 13.5. The first-order chi connectivity index (χ1) is 20.3. The Kier molecular flexibility index (Phi) is 10.6. The van der Waals surface area contributed by atoms with Crippen molar-refractivity contribution in [2.45, 2.75) is 30.4 Å². The number of rotatable bonds is 11. The van der Waals surface area contributed by atoms with Gasteiger partial charge in [-0.05, 0) is 79.6 Å². The minimum Gasteiger partial charge on any atom is -0.497 e. The number of hydrogen-bond donors (Lipinski definition) is 3. The van der Waals surface area contributed by atoms with Crippen LogP contribution >= 0.6 is 11.8 Å². The molecule has 0 saturated heterocycles. The standard InChI is InChI=1S/C34H33N3O4S/c1-4-31(34(40)35-26-17-13-23(2)14-18-26)42-29-12-8-11-27(22-29)36-33(39)30(21-24-15-19-28(41-3)20-16-24)37-32(38)25-9-6-5-7-10-25/h5-22,31H,4H2,1-3H3,(H,35,40)(H,36,39)(H,37,38)/b30-21+. The molecular weight excluding hydrogens is 546 g/mol. The molecule has 8 heteroatoms. The van der Waals surface area contributed by atoms with Crippen LogP contribution < -0.4 is 20.7 Å². The van der Waals surface area contributed by atoms with Crippen molar-refractivity contribution in [3.8, 4) is 5.75 Å². The molecule has 0 fully saturated rings. The molecule has 3 amide bonds. The summed E-state index contributed by atoms with van der Waals surface area (Å²) in [5.41, 5.74) is 3.63. The molecule has 0 radical (unpaired) electrons. The van der Waals surface area contributed by atoms with Gasteiger partial charge in [0.1, 0.15) is 11.4 Å². The molecule has 0 aromatic heterocycles. The lowest BCUT2D eigenvalue weighted by Crippen LogP contribution is -2.30. The van der Waals surface area contributed by atoms with Gasteiger partial charge >= 0.3 is 0 Å². The van der Waals surface area contributed by atoms with Gasteiger partial charge in [-0.3, -0.25) is 14.4 Å². The summed E-state index contributed by atoms with van der Waals surface area (Å²) in [5.74, 6) is -0.297. The van der Waals surface area contributed by atoms with Crippen molar-refractivity contribution in [3.05, 3.63) is 126 Å². The topological polar surface area (TPSA) is 96.5 Å². The Morgan fingerprint density at radius 3 is 2.21 bits per heavy atom. The number of aryl methyl sites for hydroxylation is 1. The quantitative estimate of drug-likeness (QED) is 0.132. The van der Waals surface area contributed by atoms with Gasteiger partial charge in [-0.1, -0.05) is 61.0 Å². The number of amides is 3. The van der Waals surface area contributed by atoms with Crippen LogP contribution in [0.15, 0.2) is 114 Å². The lowest BCUT2D eigenvalue weighted by Gasteiger charge is -2.16. The Labute approximate surface area is 250 Å². The molecule has 1 atom stereocenters. The molecular formula is C34H33N3O4S. The van der Waals surface area contributed by atoms with Crippen molar-refractivity contribution in [2.24, 2.45) is 0 Å². The second-order valence-corrected chi connectivity index (χ2v) is 10.8. The van der Waals surface area contributed by atoms with Crippen molar-refractivity contribution in [3.63, 3.8) is 0 Å². The number of hydrogen-bond acceptors (Lipinski definition) is 5. The molecule has 0 aliphatic carbocycles. The van der Waals surface area contributed by atoms with E-state index in [1.54, 1.807) is 67.8 Å². The Balaban J connectivity index is 1.50. The predicted molar refractivity (Wildman–Crippen MR) is 170 cm³/mol. The van der Waals surface area contributed by atoms with Gasteiger partial charge in [0.05, 0.1) is 12.4 Å². The average Bonchev–Trinajstić information content (AvgIpc) is 3.01. The van der Waals surface area contributed by atoms with E-state index in [-0.39, 0.29) is 16.9 Å². The summed E-state index contributed by atoms with van der Waals surface area (Å²) in [6.45, 7) is 3.96. The van der Waals surface area contributed by atoms with Crippen molar-refractivity contribution < 1.29 is 19.1 Å². The molecule has 0 spiro atoms. The van der Waals surface area contributed by atoms with Crippen LogP contribution in [0.1, 0.15) is 34.8 Å². The maximum Gasteiger partial charge on any atom is 0.272 e. The fourth-order valence-corrected chi connectivity index (χ4v) is 5.01. The first kappa shape index (κ1) is 30.1. The van der Waals surface area contributed by atoms with Gasteiger partial charge in [-0.2, -0.15) is 0 Å². The highest BCUT2D eigenvalue weighted by Gasteiger charge is 2.19. The van der Waals surface area contributed by atoms with Crippen LogP contribution in [0.25, 0.3) is 6.08 Å². The third-order valence-electron chi connectivity index (χ3n) is 6.31. The number of anilines is 2. The molecule has 0 bridgehead atoms. The van der Waals surface area contributed by atoms with E-state index in [1.165, 1.54) is 11.8 Å². The van der Waals surface area contributed by atoms with Gasteiger partial charge in [0.2, 0.25) is 5.91 Å². The van der Waals surface area contributed by atoms with Crippen LogP contribution in [-0.4, -0.2) is 30.1 Å². The second kappa shape index (κ2) is 14.7. The van der Waals surface area contributed by atoms with Crippen LogP contribution in [-0.2, 0) is 9.59 Å². The van der Waals surface area contributed by atoms with E-state index in [4.69, 9.17) is 4.74 Å².